The molecule has 2 heterocycles. The second-order valence-electron chi connectivity index (χ2n) is 7.01. The average Bonchev–Trinajstić information content (AvgIpc) is 2.93. The van der Waals surface area contributed by atoms with Gasteiger partial charge in [-0.15, -0.1) is 0 Å². The summed E-state index contributed by atoms with van der Waals surface area (Å²) in [5, 5.41) is 8.31. The molecule has 4 nitrogen and oxygen atoms in total. The van der Waals surface area contributed by atoms with Crippen LogP contribution in [-0.2, 0) is 12.1 Å². The standard InChI is InChI=1S/C18H26N4/c1-18(2,3)22-14-16(13-21-11-9-19-10-12-21)17(20-22)15-7-5-4-6-8-15/h4-8,14,19H,9-13H2,1-3H3. The van der Waals surface area contributed by atoms with Crippen LogP contribution in [-0.4, -0.2) is 40.9 Å². The Morgan fingerprint density at radius 3 is 2.41 bits per heavy atom. The highest BCUT2D eigenvalue weighted by atomic mass is 15.3. The van der Waals surface area contributed by atoms with Crippen LogP contribution in [0.2, 0.25) is 0 Å². The van der Waals surface area contributed by atoms with Crippen molar-refractivity contribution >= 4 is 0 Å². The topological polar surface area (TPSA) is 33.1 Å². The summed E-state index contributed by atoms with van der Waals surface area (Å²) in [7, 11) is 0. The van der Waals surface area contributed by atoms with E-state index in [2.05, 4.69) is 72.2 Å². The summed E-state index contributed by atoms with van der Waals surface area (Å²) >= 11 is 0. The first-order valence-electron chi connectivity index (χ1n) is 8.11. The Kier molecular flexibility index (Phi) is 4.32. The van der Waals surface area contributed by atoms with E-state index in [0.29, 0.717) is 0 Å². The third-order valence-corrected chi connectivity index (χ3v) is 4.13. The van der Waals surface area contributed by atoms with E-state index in [0.717, 1.165) is 38.4 Å². The van der Waals surface area contributed by atoms with Crippen molar-refractivity contribution in [1.29, 1.82) is 0 Å². The molecule has 4 heteroatoms. The van der Waals surface area contributed by atoms with Crippen LogP contribution in [0.15, 0.2) is 36.5 Å². The lowest BCUT2D eigenvalue weighted by Crippen LogP contribution is -2.42. The molecule has 1 saturated heterocycles. The molecule has 0 amide bonds. The summed E-state index contributed by atoms with van der Waals surface area (Å²) in [6, 6.07) is 10.5. The van der Waals surface area contributed by atoms with E-state index in [1.165, 1.54) is 11.1 Å². The Morgan fingerprint density at radius 1 is 1.09 bits per heavy atom. The van der Waals surface area contributed by atoms with E-state index in [1.807, 2.05) is 0 Å². The van der Waals surface area contributed by atoms with Gasteiger partial charge in [-0.25, -0.2) is 0 Å². The summed E-state index contributed by atoms with van der Waals surface area (Å²) in [5.74, 6) is 0. The van der Waals surface area contributed by atoms with Gasteiger partial charge in [0.2, 0.25) is 0 Å². The highest BCUT2D eigenvalue weighted by molar-refractivity contribution is 5.62. The van der Waals surface area contributed by atoms with Gasteiger partial charge in [-0.1, -0.05) is 30.3 Å². The van der Waals surface area contributed by atoms with Crippen molar-refractivity contribution in [2.24, 2.45) is 0 Å². The zero-order chi connectivity index (χ0) is 15.6. The van der Waals surface area contributed by atoms with Crippen LogP contribution in [0.4, 0.5) is 0 Å². The fraction of sp³-hybridized carbons (Fsp3) is 0.500. The van der Waals surface area contributed by atoms with Gasteiger partial charge < -0.3 is 5.32 Å². The van der Waals surface area contributed by atoms with E-state index in [9.17, 15) is 0 Å². The number of benzene rings is 1. The first-order chi connectivity index (χ1) is 10.5. The minimum absolute atomic E-state index is 0.00519. The van der Waals surface area contributed by atoms with Crippen LogP contribution in [0.1, 0.15) is 26.3 Å². The summed E-state index contributed by atoms with van der Waals surface area (Å²) < 4.78 is 2.10. The highest BCUT2D eigenvalue weighted by Crippen LogP contribution is 2.26. The van der Waals surface area contributed by atoms with Crippen LogP contribution in [0.25, 0.3) is 11.3 Å². The monoisotopic (exact) mass is 298 g/mol. The highest BCUT2D eigenvalue weighted by Gasteiger charge is 2.20. The molecular formula is C18H26N4. The Bertz CT molecular complexity index is 604. The average molecular weight is 298 g/mol. The summed E-state index contributed by atoms with van der Waals surface area (Å²) in [5.41, 5.74) is 3.65. The number of nitrogens with one attached hydrogen (secondary N) is 1. The van der Waals surface area contributed by atoms with Crippen molar-refractivity contribution in [3.8, 4) is 11.3 Å². The molecule has 1 aromatic carbocycles. The molecule has 118 valence electrons. The first kappa shape index (κ1) is 15.3. The van der Waals surface area contributed by atoms with Crippen LogP contribution in [0.3, 0.4) is 0 Å². The maximum atomic E-state index is 4.89. The number of hydrogen-bond donors (Lipinski definition) is 1. The van der Waals surface area contributed by atoms with Crippen LogP contribution < -0.4 is 5.32 Å². The van der Waals surface area contributed by atoms with Crippen LogP contribution >= 0.6 is 0 Å². The second kappa shape index (κ2) is 6.23. The Morgan fingerprint density at radius 2 is 1.77 bits per heavy atom. The van der Waals surface area contributed by atoms with E-state index < -0.39 is 0 Å². The molecule has 3 rings (SSSR count). The molecule has 1 fully saturated rings. The van der Waals surface area contributed by atoms with E-state index in [1.54, 1.807) is 0 Å². The zero-order valence-electron chi connectivity index (χ0n) is 13.8. The Labute approximate surface area is 133 Å². The number of piperazine rings is 1. The lowest BCUT2D eigenvalue weighted by atomic mass is 10.1. The molecule has 22 heavy (non-hydrogen) atoms. The van der Waals surface area contributed by atoms with Crippen molar-refractivity contribution in [2.45, 2.75) is 32.9 Å². The van der Waals surface area contributed by atoms with Gasteiger partial charge in [0.25, 0.3) is 0 Å². The molecule has 1 N–H and O–H groups in total. The van der Waals surface area contributed by atoms with Gasteiger partial charge in [0.15, 0.2) is 0 Å². The van der Waals surface area contributed by atoms with Crippen molar-refractivity contribution in [1.82, 2.24) is 20.0 Å². The minimum atomic E-state index is 0.00519. The number of nitrogens with zero attached hydrogens (tertiary/aromatic N) is 3. The SMILES string of the molecule is CC(C)(C)n1cc(CN2CCNCC2)c(-c2ccccc2)n1. The largest absolute Gasteiger partial charge is 0.314 e. The lowest BCUT2D eigenvalue weighted by Gasteiger charge is -2.27. The molecule has 0 atom stereocenters. The first-order valence-corrected chi connectivity index (χ1v) is 8.11. The molecule has 0 spiro atoms. The number of aromatic nitrogens is 2. The smallest absolute Gasteiger partial charge is 0.0968 e. The van der Waals surface area contributed by atoms with Gasteiger partial charge >= 0.3 is 0 Å². The zero-order valence-corrected chi connectivity index (χ0v) is 13.8. The maximum absolute atomic E-state index is 4.89. The van der Waals surface area contributed by atoms with Crippen LogP contribution in [0, 0.1) is 0 Å². The van der Waals surface area contributed by atoms with Crippen molar-refractivity contribution < 1.29 is 0 Å². The molecule has 1 aliphatic rings. The van der Waals surface area contributed by atoms with Gasteiger partial charge in [-0.05, 0) is 20.8 Å². The van der Waals surface area contributed by atoms with Gasteiger partial charge in [-0.2, -0.15) is 5.10 Å². The number of rotatable bonds is 3. The quantitative estimate of drug-likeness (QED) is 0.946. The van der Waals surface area contributed by atoms with Gasteiger partial charge in [-0.3, -0.25) is 9.58 Å². The summed E-state index contributed by atoms with van der Waals surface area (Å²) in [6.45, 7) is 11.9. The predicted molar refractivity (Wildman–Crippen MR) is 90.8 cm³/mol. The molecular weight excluding hydrogens is 272 g/mol. The summed E-state index contributed by atoms with van der Waals surface area (Å²) in [4.78, 5) is 2.51. The summed E-state index contributed by atoms with van der Waals surface area (Å²) in [6.07, 6.45) is 2.23. The molecule has 1 aliphatic heterocycles. The number of hydrogen-bond acceptors (Lipinski definition) is 3. The predicted octanol–water partition coefficient (Wildman–Crippen LogP) is 2.71. The molecule has 0 unspecified atom stereocenters. The molecule has 0 radical (unpaired) electrons. The van der Waals surface area contributed by atoms with E-state index in [-0.39, 0.29) is 5.54 Å². The molecule has 2 aromatic rings. The normalized spacial score (nSPS) is 16.9. The van der Waals surface area contributed by atoms with Crippen molar-refractivity contribution in [2.75, 3.05) is 26.2 Å². The fourth-order valence-corrected chi connectivity index (χ4v) is 2.82. The molecule has 0 saturated carbocycles. The van der Waals surface area contributed by atoms with Gasteiger partial charge in [0.1, 0.15) is 0 Å². The van der Waals surface area contributed by atoms with Crippen molar-refractivity contribution in [3.63, 3.8) is 0 Å². The Balaban J connectivity index is 1.94. The van der Waals surface area contributed by atoms with Gasteiger partial charge in [0.05, 0.1) is 11.2 Å². The minimum Gasteiger partial charge on any atom is -0.314 e. The van der Waals surface area contributed by atoms with E-state index >= 15 is 0 Å². The fourth-order valence-electron chi connectivity index (χ4n) is 2.82. The maximum Gasteiger partial charge on any atom is 0.0968 e. The lowest BCUT2D eigenvalue weighted by molar-refractivity contribution is 0.233. The third-order valence-electron chi connectivity index (χ3n) is 4.13. The third kappa shape index (κ3) is 3.39. The molecule has 1 aromatic heterocycles. The van der Waals surface area contributed by atoms with Crippen LogP contribution in [0.5, 0.6) is 0 Å². The molecule has 0 aliphatic carbocycles. The van der Waals surface area contributed by atoms with Gasteiger partial charge in [0, 0.05) is 50.0 Å². The van der Waals surface area contributed by atoms with Crippen molar-refractivity contribution in [3.05, 3.63) is 42.1 Å². The Hall–Kier alpha value is -1.65. The van der Waals surface area contributed by atoms with E-state index in [4.69, 9.17) is 5.10 Å². The second-order valence-corrected chi connectivity index (χ2v) is 7.01. The molecule has 0 bridgehead atoms.